The van der Waals surface area contributed by atoms with Crippen LogP contribution in [0, 0.1) is 0 Å². The van der Waals surface area contributed by atoms with E-state index in [0.29, 0.717) is 17.9 Å². The number of ketones is 1. The first-order valence-electron chi connectivity index (χ1n) is 9.41. The number of nitrogens with zero attached hydrogens (tertiary/aromatic N) is 3. The molecule has 0 aliphatic rings. The van der Waals surface area contributed by atoms with E-state index in [2.05, 4.69) is 15.4 Å². The van der Waals surface area contributed by atoms with E-state index in [0.717, 1.165) is 16.3 Å². The number of carbonyl (C=O) groups excluding carboxylic acids is 1. The van der Waals surface area contributed by atoms with Gasteiger partial charge in [-0.3, -0.25) is 14.6 Å². The van der Waals surface area contributed by atoms with Crippen molar-refractivity contribution < 1.29 is 4.79 Å². The summed E-state index contributed by atoms with van der Waals surface area (Å²) in [6, 6.07) is 17.2. The molecule has 2 aromatic heterocycles. The van der Waals surface area contributed by atoms with Gasteiger partial charge in [0.1, 0.15) is 11.4 Å². The van der Waals surface area contributed by atoms with E-state index in [-0.39, 0.29) is 22.6 Å². The van der Waals surface area contributed by atoms with Crippen molar-refractivity contribution in [3.63, 3.8) is 0 Å². The van der Waals surface area contributed by atoms with Crippen molar-refractivity contribution in [2.24, 2.45) is 0 Å². The highest BCUT2D eigenvalue weighted by atomic mass is 16.1. The number of anilines is 2. The van der Waals surface area contributed by atoms with E-state index in [1.165, 1.54) is 11.6 Å². The number of nitrogens with one attached hydrogen (secondary N) is 1. The zero-order chi connectivity index (χ0) is 20.4. The lowest BCUT2D eigenvalue weighted by atomic mass is 10.0. The van der Waals surface area contributed by atoms with Gasteiger partial charge in [0.25, 0.3) is 5.56 Å². The number of fused-ring (bicyclic) bond motifs is 1. The molecule has 2 heterocycles. The Morgan fingerprint density at radius 3 is 2.48 bits per heavy atom. The maximum Gasteiger partial charge on any atom is 0.291 e. The summed E-state index contributed by atoms with van der Waals surface area (Å²) in [4.78, 5) is 30.0. The van der Waals surface area contributed by atoms with E-state index in [1.54, 1.807) is 12.4 Å². The van der Waals surface area contributed by atoms with Crippen molar-refractivity contribution in [2.45, 2.75) is 20.4 Å². The normalized spacial score (nSPS) is 10.8. The Morgan fingerprint density at radius 2 is 1.76 bits per heavy atom. The van der Waals surface area contributed by atoms with Gasteiger partial charge in [-0.25, -0.2) is 4.68 Å². The summed E-state index contributed by atoms with van der Waals surface area (Å²) >= 11 is 0. The molecule has 0 radical (unpaired) electrons. The SMILES string of the molecule is CCn1nc(-c2ccccc2)c(C(C)=O)c(Nc2cncc3ccccc23)c1=O. The molecular formula is C23H20N4O2. The second-order valence-corrected chi connectivity index (χ2v) is 6.67. The van der Waals surface area contributed by atoms with E-state index in [1.807, 2.05) is 61.5 Å². The molecule has 0 unspecified atom stereocenters. The molecule has 0 saturated carbocycles. The van der Waals surface area contributed by atoms with Crippen LogP contribution in [-0.2, 0) is 6.54 Å². The molecule has 0 spiro atoms. The van der Waals surface area contributed by atoms with Crippen LogP contribution >= 0.6 is 0 Å². The summed E-state index contributed by atoms with van der Waals surface area (Å²) in [5.41, 5.74) is 2.07. The van der Waals surface area contributed by atoms with Crippen molar-refractivity contribution in [3.05, 3.63) is 82.9 Å². The van der Waals surface area contributed by atoms with E-state index >= 15 is 0 Å². The molecule has 0 saturated heterocycles. The molecule has 4 aromatic rings. The topological polar surface area (TPSA) is 76.9 Å². The lowest BCUT2D eigenvalue weighted by Crippen LogP contribution is -2.28. The Balaban J connectivity index is 1.99. The molecular weight excluding hydrogens is 364 g/mol. The third-order valence-corrected chi connectivity index (χ3v) is 4.78. The molecule has 1 N–H and O–H groups in total. The molecule has 0 bridgehead atoms. The van der Waals surface area contributed by atoms with Crippen molar-refractivity contribution in [1.82, 2.24) is 14.8 Å². The second kappa shape index (κ2) is 7.67. The van der Waals surface area contributed by atoms with Crippen molar-refractivity contribution >= 4 is 27.9 Å². The van der Waals surface area contributed by atoms with Crippen LogP contribution in [0.5, 0.6) is 0 Å². The molecule has 29 heavy (non-hydrogen) atoms. The number of aryl methyl sites for hydroxylation is 1. The lowest BCUT2D eigenvalue weighted by Gasteiger charge is -2.16. The van der Waals surface area contributed by atoms with Crippen LogP contribution < -0.4 is 10.9 Å². The Labute approximate surface area is 167 Å². The molecule has 0 fully saturated rings. The highest BCUT2D eigenvalue weighted by Gasteiger charge is 2.22. The van der Waals surface area contributed by atoms with Gasteiger partial charge in [-0.05, 0) is 13.8 Å². The van der Waals surface area contributed by atoms with Gasteiger partial charge in [0.05, 0.1) is 17.4 Å². The third kappa shape index (κ3) is 3.40. The average molecular weight is 384 g/mol. The number of aromatic nitrogens is 3. The number of hydrogen-bond donors (Lipinski definition) is 1. The van der Waals surface area contributed by atoms with Crippen molar-refractivity contribution in [3.8, 4) is 11.3 Å². The number of carbonyl (C=O) groups is 1. The Bertz CT molecular complexity index is 1260. The largest absolute Gasteiger partial charge is 0.349 e. The van der Waals surface area contributed by atoms with Crippen LogP contribution in [0.1, 0.15) is 24.2 Å². The summed E-state index contributed by atoms with van der Waals surface area (Å²) in [6.45, 7) is 3.69. The maximum atomic E-state index is 13.1. The highest BCUT2D eigenvalue weighted by molar-refractivity contribution is 6.06. The number of hydrogen-bond acceptors (Lipinski definition) is 5. The van der Waals surface area contributed by atoms with Crippen molar-refractivity contribution in [2.75, 3.05) is 5.32 Å². The fraction of sp³-hybridized carbons (Fsp3) is 0.130. The number of pyridine rings is 1. The standard InChI is InChI=1S/C23H20N4O2/c1-3-27-23(29)22(25-19-14-24-13-17-11-7-8-12-18(17)19)20(15(2)28)21(26-27)16-9-5-4-6-10-16/h4-14,25H,3H2,1-2H3. The molecule has 144 valence electrons. The van der Waals surface area contributed by atoms with Crippen LogP contribution in [0.25, 0.3) is 22.0 Å². The molecule has 6 heteroatoms. The van der Waals surface area contributed by atoms with E-state index < -0.39 is 0 Å². The fourth-order valence-electron chi connectivity index (χ4n) is 3.39. The Morgan fingerprint density at radius 1 is 1.03 bits per heavy atom. The molecule has 0 aliphatic carbocycles. The van der Waals surface area contributed by atoms with Gasteiger partial charge in [-0.1, -0.05) is 54.6 Å². The molecule has 0 amide bonds. The van der Waals surface area contributed by atoms with Gasteiger partial charge in [-0.15, -0.1) is 0 Å². The molecule has 0 aliphatic heterocycles. The van der Waals surface area contributed by atoms with E-state index in [4.69, 9.17) is 0 Å². The summed E-state index contributed by atoms with van der Waals surface area (Å²) in [6.07, 6.45) is 3.42. The van der Waals surface area contributed by atoms with Crippen LogP contribution in [0.4, 0.5) is 11.4 Å². The van der Waals surface area contributed by atoms with Gasteiger partial charge in [0, 0.05) is 29.1 Å². The van der Waals surface area contributed by atoms with Gasteiger partial charge in [-0.2, -0.15) is 5.10 Å². The lowest BCUT2D eigenvalue weighted by molar-refractivity contribution is 0.101. The predicted molar refractivity (Wildman–Crippen MR) is 115 cm³/mol. The second-order valence-electron chi connectivity index (χ2n) is 6.67. The molecule has 2 aromatic carbocycles. The Hall–Kier alpha value is -3.80. The first-order valence-corrected chi connectivity index (χ1v) is 9.41. The highest BCUT2D eigenvalue weighted by Crippen LogP contribution is 2.30. The zero-order valence-corrected chi connectivity index (χ0v) is 16.2. The van der Waals surface area contributed by atoms with Gasteiger partial charge in [0.15, 0.2) is 5.78 Å². The van der Waals surface area contributed by atoms with Crippen LogP contribution in [0.2, 0.25) is 0 Å². The monoisotopic (exact) mass is 384 g/mol. The predicted octanol–water partition coefficient (Wildman–Crippen LogP) is 4.42. The minimum absolute atomic E-state index is 0.214. The summed E-state index contributed by atoms with van der Waals surface area (Å²) < 4.78 is 1.37. The minimum atomic E-state index is -0.342. The number of benzene rings is 2. The average Bonchev–Trinajstić information content (AvgIpc) is 2.75. The first-order chi connectivity index (χ1) is 14.1. The molecule has 0 atom stereocenters. The zero-order valence-electron chi connectivity index (χ0n) is 16.2. The smallest absolute Gasteiger partial charge is 0.291 e. The van der Waals surface area contributed by atoms with Gasteiger partial charge in [0.2, 0.25) is 0 Å². The van der Waals surface area contributed by atoms with Crippen LogP contribution in [-0.4, -0.2) is 20.5 Å². The molecule has 4 rings (SSSR count). The summed E-state index contributed by atoms with van der Waals surface area (Å²) in [5.74, 6) is -0.229. The first kappa shape index (κ1) is 18.6. The summed E-state index contributed by atoms with van der Waals surface area (Å²) in [7, 11) is 0. The Kier molecular flexibility index (Phi) is 4.91. The van der Waals surface area contributed by atoms with Gasteiger partial charge < -0.3 is 5.32 Å². The summed E-state index contributed by atoms with van der Waals surface area (Å²) in [5, 5.41) is 9.52. The molecule has 6 nitrogen and oxygen atoms in total. The third-order valence-electron chi connectivity index (χ3n) is 4.78. The fourth-order valence-corrected chi connectivity index (χ4v) is 3.39. The van der Waals surface area contributed by atoms with Crippen LogP contribution in [0.15, 0.2) is 71.8 Å². The minimum Gasteiger partial charge on any atom is -0.349 e. The number of rotatable bonds is 5. The maximum absolute atomic E-state index is 13.1. The van der Waals surface area contributed by atoms with E-state index in [9.17, 15) is 9.59 Å². The number of Topliss-reactive ketones (excluding diaryl/α,β-unsaturated/α-hetero) is 1. The van der Waals surface area contributed by atoms with Crippen molar-refractivity contribution in [1.29, 1.82) is 0 Å². The van der Waals surface area contributed by atoms with Crippen LogP contribution in [0.3, 0.4) is 0 Å². The van der Waals surface area contributed by atoms with Gasteiger partial charge >= 0.3 is 0 Å². The quantitative estimate of drug-likeness (QED) is 0.515.